The van der Waals surface area contributed by atoms with Crippen molar-refractivity contribution >= 4 is 28.7 Å². The van der Waals surface area contributed by atoms with E-state index >= 15 is 0 Å². The number of carbonyl (C=O) groups excluding carboxylic acids is 1. The van der Waals surface area contributed by atoms with Crippen molar-refractivity contribution in [1.82, 2.24) is 9.47 Å². The van der Waals surface area contributed by atoms with Crippen molar-refractivity contribution in [1.29, 1.82) is 0 Å². The van der Waals surface area contributed by atoms with E-state index < -0.39 is 12.2 Å². The second kappa shape index (κ2) is 12.6. The highest BCUT2D eigenvalue weighted by Crippen LogP contribution is 2.48. The molecule has 0 bridgehead atoms. The fourth-order valence-electron chi connectivity index (χ4n) is 7.06. The van der Waals surface area contributed by atoms with Gasteiger partial charge in [-0.25, -0.2) is 4.39 Å². The average Bonchev–Trinajstić information content (AvgIpc) is 3.91. The summed E-state index contributed by atoms with van der Waals surface area (Å²) in [5.74, 6) is 2.00. The third-order valence-electron chi connectivity index (χ3n) is 9.73. The number of nitrogens with zero attached hydrogens (tertiary/aromatic N) is 3. The maximum absolute atomic E-state index is 13.8. The van der Waals surface area contributed by atoms with Crippen LogP contribution in [0.4, 0.5) is 4.39 Å². The Morgan fingerprint density at radius 3 is 2.30 bits per heavy atom. The van der Waals surface area contributed by atoms with Crippen LogP contribution in [0.2, 0.25) is 0 Å². The predicted molar refractivity (Wildman–Crippen MR) is 175 cm³/mol. The molecule has 2 aliphatic carbocycles. The minimum absolute atomic E-state index is 0.0320. The van der Waals surface area contributed by atoms with Crippen molar-refractivity contribution < 1.29 is 19.4 Å². The first kappa shape index (κ1) is 30.7. The number of aliphatic imine (C=N–C) groups is 1. The lowest BCUT2D eigenvalue weighted by Crippen LogP contribution is -2.47. The summed E-state index contributed by atoms with van der Waals surface area (Å²) in [7, 11) is 0. The van der Waals surface area contributed by atoms with Crippen LogP contribution in [0.25, 0.3) is 28.1 Å². The molecule has 0 saturated heterocycles. The molecule has 234 valence electrons. The van der Waals surface area contributed by atoms with Gasteiger partial charge in [-0.1, -0.05) is 43.3 Å². The third-order valence-corrected chi connectivity index (χ3v) is 9.73. The molecule has 6 nitrogen and oxygen atoms in total. The molecule has 2 aromatic carbocycles. The molecule has 4 atom stereocenters. The molecule has 2 N–H and O–H groups in total. The Labute approximate surface area is 260 Å². The summed E-state index contributed by atoms with van der Waals surface area (Å²) in [6.45, 7) is 8.52. The fourth-order valence-corrected chi connectivity index (χ4v) is 7.06. The Kier molecular flexibility index (Phi) is 8.80. The highest BCUT2D eigenvalue weighted by molar-refractivity contribution is 6.01. The lowest BCUT2D eigenvalue weighted by Gasteiger charge is -2.33. The first-order chi connectivity index (χ1) is 21.1. The zero-order valence-corrected chi connectivity index (χ0v) is 26.4. The maximum atomic E-state index is 13.8. The molecule has 7 heteroatoms. The Balaban J connectivity index is 1.21. The van der Waals surface area contributed by atoms with Gasteiger partial charge in [0.2, 0.25) is 5.91 Å². The number of aliphatic hydroxyl groups excluding tert-OH is 2. The number of amides is 1. The summed E-state index contributed by atoms with van der Waals surface area (Å²) in [4.78, 5) is 20.7. The second-order valence-corrected chi connectivity index (χ2v) is 13.7. The summed E-state index contributed by atoms with van der Waals surface area (Å²) < 4.78 is 16.0. The number of carbonyl (C=O) groups is 1. The SMILES string of the molecule is CC1CC(N(C(=O)C[C@@H](O)C[C@@H](O)C=Cc2c(-c3ccc(F)cc3)c3ccccc3n2C(C)C)C(C2CC2)C2CC2)=NC1C. The van der Waals surface area contributed by atoms with Crippen LogP contribution in [0.15, 0.2) is 59.6 Å². The van der Waals surface area contributed by atoms with Crippen LogP contribution in [0.1, 0.15) is 84.4 Å². The van der Waals surface area contributed by atoms with Gasteiger partial charge >= 0.3 is 0 Å². The molecule has 0 radical (unpaired) electrons. The smallest absolute Gasteiger partial charge is 0.230 e. The van der Waals surface area contributed by atoms with Crippen molar-refractivity contribution in [3.05, 3.63) is 66.1 Å². The summed E-state index contributed by atoms with van der Waals surface area (Å²) in [6.07, 6.45) is 7.12. The van der Waals surface area contributed by atoms with Crippen LogP contribution >= 0.6 is 0 Å². The first-order valence-corrected chi connectivity index (χ1v) is 16.4. The highest BCUT2D eigenvalue weighted by atomic mass is 19.1. The molecule has 0 spiro atoms. The molecule has 3 aromatic rings. The normalized spacial score (nSPS) is 21.9. The standard InChI is InChI=1S/C37H46FN3O3/c1-22(2)40-32-8-6-5-7-31(32)36(25-13-15-28(38)16-14-25)33(40)18-17-29(42)20-30(43)21-35(44)41(34-19-23(3)24(4)39-34)37(26-9-10-26)27-11-12-27/h5-8,13-18,22-24,26-27,29-30,37,42-43H,9-12,19-21H2,1-4H3/t23?,24?,29-,30-/m0/s1. The summed E-state index contributed by atoms with van der Waals surface area (Å²) in [5, 5.41) is 23.2. The van der Waals surface area contributed by atoms with Gasteiger partial charge in [0.15, 0.2) is 0 Å². The van der Waals surface area contributed by atoms with E-state index in [0.29, 0.717) is 17.8 Å². The van der Waals surface area contributed by atoms with Gasteiger partial charge in [0.25, 0.3) is 0 Å². The van der Waals surface area contributed by atoms with Gasteiger partial charge in [-0.2, -0.15) is 0 Å². The zero-order chi connectivity index (χ0) is 31.1. The molecule has 2 saturated carbocycles. The predicted octanol–water partition coefficient (Wildman–Crippen LogP) is 7.39. The molecule has 2 unspecified atom stereocenters. The lowest BCUT2D eigenvalue weighted by molar-refractivity contribution is -0.132. The van der Waals surface area contributed by atoms with Gasteiger partial charge in [0.1, 0.15) is 11.7 Å². The summed E-state index contributed by atoms with van der Waals surface area (Å²) >= 11 is 0. The number of hydrogen-bond donors (Lipinski definition) is 2. The number of aliphatic hydroxyl groups is 2. The Morgan fingerprint density at radius 2 is 1.70 bits per heavy atom. The number of benzene rings is 2. The number of halogens is 1. The van der Waals surface area contributed by atoms with E-state index in [1.54, 1.807) is 18.2 Å². The van der Waals surface area contributed by atoms with E-state index in [1.165, 1.54) is 12.1 Å². The fraction of sp³-hybridized carbons (Fsp3) is 0.514. The van der Waals surface area contributed by atoms with Crippen LogP contribution in [0.3, 0.4) is 0 Å². The van der Waals surface area contributed by atoms with Crippen molar-refractivity contribution in [2.45, 2.75) is 103 Å². The van der Waals surface area contributed by atoms with Gasteiger partial charge in [0, 0.05) is 47.1 Å². The molecule has 6 rings (SSSR count). The average molecular weight is 600 g/mol. The lowest BCUT2D eigenvalue weighted by atomic mass is 9.99. The number of para-hydroxylation sites is 1. The highest BCUT2D eigenvalue weighted by Gasteiger charge is 2.48. The van der Waals surface area contributed by atoms with Gasteiger partial charge in [-0.15, -0.1) is 0 Å². The molecule has 2 heterocycles. The van der Waals surface area contributed by atoms with Gasteiger partial charge < -0.3 is 14.8 Å². The minimum atomic E-state index is -0.979. The Hall–Kier alpha value is -3.29. The largest absolute Gasteiger partial charge is 0.392 e. The molecule has 3 aliphatic rings. The monoisotopic (exact) mass is 599 g/mol. The van der Waals surface area contributed by atoms with Crippen LogP contribution in [0, 0.1) is 23.6 Å². The van der Waals surface area contributed by atoms with Gasteiger partial charge in [-0.05, 0) is 94.0 Å². The van der Waals surface area contributed by atoms with E-state index in [9.17, 15) is 19.4 Å². The second-order valence-electron chi connectivity index (χ2n) is 13.7. The number of fused-ring (bicyclic) bond motifs is 1. The van der Waals surface area contributed by atoms with Crippen molar-refractivity contribution in [3.8, 4) is 11.1 Å². The topological polar surface area (TPSA) is 78.1 Å². The molecular formula is C37H46FN3O3. The molecular weight excluding hydrogens is 553 g/mol. The van der Waals surface area contributed by atoms with E-state index in [1.807, 2.05) is 23.1 Å². The Morgan fingerprint density at radius 1 is 1.05 bits per heavy atom. The third kappa shape index (κ3) is 6.40. The zero-order valence-electron chi connectivity index (χ0n) is 26.4. The quantitative estimate of drug-likeness (QED) is 0.241. The van der Waals surface area contributed by atoms with E-state index in [-0.39, 0.29) is 42.7 Å². The van der Waals surface area contributed by atoms with Crippen LogP contribution in [0.5, 0.6) is 0 Å². The molecule has 44 heavy (non-hydrogen) atoms. The first-order valence-electron chi connectivity index (χ1n) is 16.4. The van der Waals surface area contributed by atoms with Gasteiger partial charge in [-0.3, -0.25) is 14.7 Å². The molecule has 1 amide bonds. The number of amidine groups is 1. The van der Waals surface area contributed by atoms with Crippen molar-refractivity contribution in [2.75, 3.05) is 0 Å². The van der Waals surface area contributed by atoms with E-state index in [4.69, 9.17) is 4.99 Å². The van der Waals surface area contributed by atoms with Crippen LogP contribution in [-0.4, -0.2) is 55.7 Å². The van der Waals surface area contributed by atoms with Gasteiger partial charge in [0.05, 0.1) is 24.7 Å². The molecule has 2 fully saturated rings. The summed E-state index contributed by atoms with van der Waals surface area (Å²) in [6, 6.07) is 15.1. The Bertz CT molecular complexity index is 1540. The number of hydrogen-bond acceptors (Lipinski definition) is 4. The maximum Gasteiger partial charge on any atom is 0.230 e. The van der Waals surface area contributed by atoms with E-state index in [2.05, 4.69) is 44.4 Å². The van der Waals surface area contributed by atoms with Crippen molar-refractivity contribution in [2.24, 2.45) is 22.7 Å². The van der Waals surface area contributed by atoms with E-state index in [0.717, 1.165) is 65.7 Å². The molecule has 1 aromatic heterocycles. The summed E-state index contributed by atoms with van der Waals surface area (Å²) in [5.41, 5.74) is 3.82. The van der Waals surface area contributed by atoms with Crippen LogP contribution in [-0.2, 0) is 4.79 Å². The number of aromatic nitrogens is 1. The van der Waals surface area contributed by atoms with Crippen LogP contribution < -0.4 is 0 Å². The van der Waals surface area contributed by atoms with Crippen molar-refractivity contribution in [3.63, 3.8) is 0 Å². The molecule has 1 aliphatic heterocycles. The number of rotatable bonds is 11. The minimum Gasteiger partial charge on any atom is -0.392 e.